The standard InChI is InChI=1S/C21H29N7O/c1-25-7-4-16-17(5-8-25)24-19-2-6-23-28(19)20(16)26-12-15(13-26)21(29)27-9-3-14-10-22-11-18(14)27/h2,6,14-15,18,22H,3-5,7-13H2,1H3/t14-,18+/m0/s1. The molecule has 4 aliphatic heterocycles. The quantitative estimate of drug-likeness (QED) is 0.773. The number of nitrogens with zero attached hydrogens (tertiary/aromatic N) is 6. The Morgan fingerprint density at radius 3 is 2.93 bits per heavy atom. The van der Waals surface area contributed by atoms with E-state index in [0.717, 1.165) is 76.5 Å². The van der Waals surface area contributed by atoms with Crippen molar-refractivity contribution in [2.45, 2.75) is 25.3 Å². The molecule has 4 aliphatic rings. The monoisotopic (exact) mass is 395 g/mol. The summed E-state index contributed by atoms with van der Waals surface area (Å²) in [5.74, 6) is 2.29. The lowest BCUT2D eigenvalue weighted by Crippen LogP contribution is -2.56. The third kappa shape index (κ3) is 2.76. The summed E-state index contributed by atoms with van der Waals surface area (Å²) in [7, 11) is 2.18. The van der Waals surface area contributed by atoms with E-state index in [9.17, 15) is 4.79 Å². The Labute approximate surface area is 170 Å². The van der Waals surface area contributed by atoms with E-state index in [1.165, 1.54) is 11.3 Å². The number of likely N-dealkylation sites (tertiary alicyclic amines) is 1. The summed E-state index contributed by atoms with van der Waals surface area (Å²) >= 11 is 0. The zero-order valence-corrected chi connectivity index (χ0v) is 17.0. The highest BCUT2D eigenvalue weighted by molar-refractivity contribution is 5.83. The van der Waals surface area contributed by atoms with Gasteiger partial charge >= 0.3 is 0 Å². The van der Waals surface area contributed by atoms with Crippen LogP contribution in [-0.2, 0) is 17.6 Å². The molecule has 6 heterocycles. The fourth-order valence-electron chi connectivity index (χ4n) is 5.67. The van der Waals surface area contributed by atoms with Crippen LogP contribution in [0, 0.1) is 11.8 Å². The zero-order chi connectivity index (χ0) is 19.5. The van der Waals surface area contributed by atoms with Gasteiger partial charge in [0.1, 0.15) is 5.82 Å². The van der Waals surface area contributed by atoms with Crippen LogP contribution in [0.15, 0.2) is 12.3 Å². The van der Waals surface area contributed by atoms with Gasteiger partial charge in [-0.05, 0) is 25.8 Å². The van der Waals surface area contributed by atoms with Gasteiger partial charge in [0.15, 0.2) is 5.65 Å². The Morgan fingerprint density at radius 1 is 1.17 bits per heavy atom. The molecule has 2 atom stereocenters. The van der Waals surface area contributed by atoms with Crippen molar-refractivity contribution in [3.63, 3.8) is 0 Å². The first-order chi connectivity index (χ1) is 14.2. The van der Waals surface area contributed by atoms with Gasteiger partial charge in [-0.1, -0.05) is 0 Å². The predicted octanol–water partition coefficient (Wildman–Crippen LogP) is 0.0162. The molecule has 0 spiro atoms. The number of carbonyl (C=O) groups excluding carboxylic acids is 1. The Morgan fingerprint density at radius 2 is 2.03 bits per heavy atom. The molecule has 1 N–H and O–H groups in total. The molecule has 3 fully saturated rings. The number of fused-ring (bicyclic) bond motifs is 3. The van der Waals surface area contributed by atoms with Gasteiger partial charge in [0, 0.05) is 69.9 Å². The molecule has 154 valence electrons. The molecule has 8 nitrogen and oxygen atoms in total. The molecular weight excluding hydrogens is 366 g/mol. The molecule has 0 radical (unpaired) electrons. The van der Waals surface area contributed by atoms with Crippen molar-refractivity contribution in [1.82, 2.24) is 29.7 Å². The summed E-state index contributed by atoms with van der Waals surface area (Å²) in [6, 6.07) is 2.40. The van der Waals surface area contributed by atoms with Crippen LogP contribution in [0.2, 0.25) is 0 Å². The highest BCUT2D eigenvalue weighted by Gasteiger charge is 2.45. The van der Waals surface area contributed by atoms with E-state index < -0.39 is 0 Å². The lowest BCUT2D eigenvalue weighted by Gasteiger charge is -2.43. The van der Waals surface area contributed by atoms with Crippen LogP contribution in [0.25, 0.3) is 5.65 Å². The summed E-state index contributed by atoms with van der Waals surface area (Å²) in [4.78, 5) is 25.0. The van der Waals surface area contributed by atoms with Gasteiger partial charge in [0.05, 0.1) is 17.8 Å². The van der Waals surface area contributed by atoms with Crippen molar-refractivity contribution < 1.29 is 4.79 Å². The van der Waals surface area contributed by atoms with Gasteiger partial charge in [-0.15, -0.1) is 0 Å². The molecule has 29 heavy (non-hydrogen) atoms. The first-order valence-electron chi connectivity index (χ1n) is 11.0. The molecule has 0 bridgehead atoms. The minimum absolute atomic E-state index is 0.109. The van der Waals surface area contributed by atoms with Gasteiger partial charge < -0.3 is 20.0 Å². The normalized spacial score (nSPS) is 27.8. The number of hydrogen-bond donors (Lipinski definition) is 1. The average molecular weight is 396 g/mol. The molecule has 0 saturated carbocycles. The molecule has 0 aromatic carbocycles. The molecule has 3 saturated heterocycles. The Kier molecular flexibility index (Phi) is 4.06. The van der Waals surface area contributed by atoms with Gasteiger partial charge in [0.25, 0.3) is 0 Å². The topological polar surface area (TPSA) is 69.0 Å². The highest BCUT2D eigenvalue weighted by atomic mass is 16.2. The van der Waals surface area contributed by atoms with Crippen LogP contribution in [-0.4, -0.2) is 89.2 Å². The summed E-state index contributed by atoms with van der Waals surface area (Å²) in [5, 5.41) is 8.02. The number of hydrogen-bond acceptors (Lipinski definition) is 6. The number of nitrogens with one attached hydrogen (secondary N) is 1. The third-order valence-corrected chi connectivity index (χ3v) is 7.42. The van der Waals surface area contributed by atoms with Crippen molar-refractivity contribution in [2.75, 3.05) is 57.8 Å². The fourth-order valence-corrected chi connectivity index (χ4v) is 5.67. The van der Waals surface area contributed by atoms with E-state index in [-0.39, 0.29) is 5.92 Å². The van der Waals surface area contributed by atoms with Gasteiger partial charge in [-0.3, -0.25) is 4.79 Å². The minimum atomic E-state index is 0.109. The SMILES string of the molecule is CN1CCc2nc3ccnn3c(N3CC(C(=O)N4CC[C@H]5CNC[C@H]54)C3)c2CC1. The van der Waals surface area contributed by atoms with Crippen molar-refractivity contribution in [1.29, 1.82) is 0 Å². The summed E-state index contributed by atoms with van der Waals surface area (Å²) < 4.78 is 1.98. The maximum absolute atomic E-state index is 13.2. The third-order valence-electron chi connectivity index (χ3n) is 7.42. The molecule has 2 aromatic rings. The lowest BCUT2D eigenvalue weighted by molar-refractivity contribution is -0.137. The van der Waals surface area contributed by atoms with Crippen molar-refractivity contribution in [3.8, 4) is 0 Å². The number of rotatable bonds is 2. The first-order valence-corrected chi connectivity index (χ1v) is 11.0. The zero-order valence-electron chi connectivity index (χ0n) is 17.0. The maximum atomic E-state index is 13.2. The molecule has 6 rings (SSSR count). The molecule has 0 unspecified atom stereocenters. The van der Waals surface area contributed by atoms with Crippen LogP contribution >= 0.6 is 0 Å². The van der Waals surface area contributed by atoms with Crippen LogP contribution in [0.1, 0.15) is 17.7 Å². The molecular formula is C21H29N7O. The summed E-state index contributed by atoms with van der Waals surface area (Å²) in [6.45, 7) is 6.63. The van der Waals surface area contributed by atoms with E-state index in [0.29, 0.717) is 17.9 Å². The van der Waals surface area contributed by atoms with Gasteiger partial charge in [-0.2, -0.15) is 9.61 Å². The summed E-state index contributed by atoms with van der Waals surface area (Å²) in [6.07, 6.45) is 4.94. The van der Waals surface area contributed by atoms with E-state index in [2.05, 4.69) is 32.2 Å². The maximum Gasteiger partial charge on any atom is 0.229 e. The van der Waals surface area contributed by atoms with Gasteiger partial charge in [0.2, 0.25) is 5.91 Å². The number of amides is 1. The van der Waals surface area contributed by atoms with E-state index in [4.69, 9.17) is 4.98 Å². The smallest absolute Gasteiger partial charge is 0.229 e. The number of aromatic nitrogens is 3. The Balaban J connectivity index is 1.26. The van der Waals surface area contributed by atoms with Gasteiger partial charge in [-0.25, -0.2) is 4.98 Å². The molecule has 0 aliphatic carbocycles. The highest BCUT2D eigenvalue weighted by Crippen LogP contribution is 2.35. The van der Waals surface area contributed by atoms with E-state index >= 15 is 0 Å². The molecule has 8 heteroatoms. The van der Waals surface area contributed by atoms with Crippen molar-refractivity contribution in [3.05, 3.63) is 23.5 Å². The van der Waals surface area contributed by atoms with E-state index in [1.807, 2.05) is 16.8 Å². The second kappa shape index (κ2) is 6.67. The minimum Gasteiger partial charge on any atom is -0.354 e. The van der Waals surface area contributed by atoms with Crippen LogP contribution < -0.4 is 10.2 Å². The molecule has 1 amide bonds. The van der Waals surface area contributed by atoms with Crippen LogP contribution in [0.3, 0.4) is 0 Å². The van der Waals surface area contributed by atoms with Crippen molar-refractivity contribution >= 4 is 17.4 Å². The van der Waals surface area contributed by atoms with Crippen molar-refractivity contribution in [2.24, 2.45) is 11.8 Å². The Bertz CT molecular complexity index is 950. The number of likely N-dealkylation sites (N-methyl/N-ethyl adjacent to an activating group) is 1. The number of anilines is 1. The second-order valence-electron chi connectivity index (χ2n) is 9.17. The first kappa shape index (κ1) is 17.7. The summed E-state index contributed by atoms with van der Waals surface area (Å²) in [5.41, 5.74) is 3.43. The second-order valence-corrected chi connectivity index (χ2v) is 9.17. The largest absolute Gasteiger partial charge is 0.354 e. The predicted molar refractivity (Wildman–Crippen MR) is 110 cm³/mol. The van der Waals surface area contributed by atoms with E-state index in [1.54, 1.807) is 0 Å². The van der Waals surface area contributed by atoms with Crippen LogP contribution in [0.4, 0.5) is 5.82 Å². The number of carbonyl (C=O) groups is 1. The van der Waals surface area contributed by atoms with Crippen LogP contribution in [0.5, 0.6) is 0 Å². The lowest BCUT2D eigenvalue weighted by atomic mass is 9.96. The fraction of sp³-hybridized carbons (Fsp3) is 0.667. The average Bonchev–Trinajstić information content (AvgIpc) is 3.37. The Hall–Kier alpha value is -2.19. The molecule has 2 aromatic heterocycles.